The van der Waals surface area contributed by atoms with Crippen molar-refractivity contribution >= 4 is 50.2 Å². The maximum Gasteiger partial charge on any atom is 0.418 e. The van der Waals surface area contributed by atoms with Gasteiger partial charge in [0.05, 0.1) is 29.3 Å². The van der Waals surface area contributed by atoms with Crippen molar-refractivity contribution in [3.63, 3.8) is 0 Å². The van der Waals surface area contributed by atoms with Crippen molar-refractivity contribution in [3.8, 4) is 16.9 Å². The minimum Gasteiger partial charge on any atom is -0.485 e. The predicted octanol–water partition coefficient (Wildman–Crippen LogP) is 0.226. The van der Waals surface area contributed by atoms with Gasteiger partial charge in [-0.2, -0.15) is 18.2 Å². The number of ketones is 1. The molecule has 1 aromatic carbocycles. The molecule has 0 bridgehead atoms. The molecule has 1 amide bonds. The average molecular weight is 737 g/mol. The number of benzene rings is 1. The number of rotatable bonds is 14. The van der Waals surface area contributed by atoms with Gasteiger partial charge >= 0.3 is 16.4 Å². The van der Waals surface area contributed by atoms with Gasteiger partial charge in [-0.25, -0.2) is 9.78 Å². The number of hydroxylamine groups is 2. The van der Waals surface area contributed by atoms with E-state index in [9.17, 15) is 33.0 Å². The molecule has 0 radical (unpaired) electrons. The lowest BCUT2D eigenvalue weighted by Gasteiger charge is -2.50. The van der Waals surface area contributed by atoms with Gasteiger partial charge in [-0.15, -0.1) is 20.3 Å². The molecule has 0 spiro atoms. The van der Waals surface area contributed by atoms with Gasteiger partial charge in [0.25, 0.3) is 11.5 Å². The summed E-state index contributed by atoms with van der Waals surface area (Å²) in [5.74, 6) is -3.73. The molecular weight excluding hydrogens is 699 g/mol. The smallest absolute Gasteiger partial charge is 0.418 e. The maximum atomic E-state index is 13.6. The summed E-state index contributed by atoms with van der Waals surface area (Å²) >= 11 is 0.989. The fourth-order valence-electron chi connectivity index (χ4n) is 5.80. The molecule has 20 heteroatoms. The fraction of sp³-hybridized carbons (Fsp3) is 0.467. The van der Waals surface area contributed by atoms with Crippen LogP contribution in [0.3, 0.4) is 0 Å². The van der Waals surface area contributed by atoms with Crippen molar-refractivity contribution in [2.75, 3.05) is 12.3 Å². The molecule has 2 aromatic heterocycles. The number of ether oxygens (including phenoxy) is 1. The van der Waals surface area contributed by atoms with Gasteiger partial charge in [0, 0.05) is 18.3 Å². The van der Waals surface area contributed by atoms with Crippen LogP contribution in [-0.2, 0) is 53.9 Å². The number of carboxylic acid groups (broad SMARTS) is 1. The van der Waals surface area contributed by atoms with E-state index in [0.717, 1.165) is 28.0 Å². The number of oxime groups is 1. The van der Waals surface area contributed by atoms with Crippen LogP contribution in [0.4, 0.5) is 5.13 Å². The standard InChI is InChI=1S/C30H37N7O11S2/c1-29(2)20(26(40)37(29)48-50(43,44)45)10-22(39)25(21-15-49-28(32)33-21)34-47-30(3,27(41)42)24-8-6-17-9-16(5-7-23(17)46-24)18-12-35(4)36(13-18)14-19(38)11-31/h5,7,9,12-13,15,19-20,24,38H,6,8,10-11,14,31H2,1-4H3,(H3-,32,33,41,42,43,44,45)/p+1/b34-25-/t19-,20?,24?,30-/m0/s1. The van der Waals surface area contributed by atoms with E-state index in [0.29, 0.717) is 23.8 Å². The molecule has 1 fully saturated rings. The number of aliphatic hydroxyl groups excluding tert-OH is 1. The lowest BCUT2D eigenvalue weighted by molar-refractivity contribution is -0.754. The van der Waals surface area contributed by atoms with Crippen molar-refractivity contribution < 1.29 is 56.1 Å². The number of thiazole rings is 1. The Hall–Kier alpha value is -4.47. The van der Waals surface area contributed by atoms with Gasteiger partial charge in [-0.3, -0.25) is 14.1 Å². The summed E-state index contributed by atoms with van der Waals surface area (Å²) in [7, 11) is -3.16. The van der Waals surface area contributed by atoms with Gasteiger partial charge in [-0.05, 0) is 56.9 Å². The molecule has 2 aliphatic heterocycles. The number of aromatic nitrogens is 3. The zero-order valence-electron chi connectivity index (χ0n) is 27.5. The number of carbonyl (C=O) groups excluding carboxylic acids is 2. The second-order valence-electron chi connectivity index (χ2n) is 12.7. The maximum absolute atomic E-state index is 13.6. The van der Waals surface area contributed by atoms with Crippen LogP contribution in [0, 0.1) is 5.92 Å². The first kappa shape index (κ1) is 36.8. The number of nitrogens with zero attached hydrogens (tertiary/aromatic N) is 5. The van der Waals surface area contributed by atoms with E-state index in [-0.39, 0.29) is 23.8 Å². The Labute approximate surface area is 290 Å². The monoisotopic (exact) mass is 736 g/mol. The molecule has 5 rings (SSSR count). The molecule has 2 aliphatic rings. The van der Waals surface area contributed by atoms with E-state index in [2.05, 4.69) is 14.4 Å². The summed E-state index contributed by atoms with van der Waals surface area (Å²) in [4.78, 5) is 48.7. The number of β-lactam (4-membered cyclic amide) rings is 1. The zero-order chi connectivity index (χ0) is 36.8. The molecule has 270 valence electrons. The Morgan fingerprint density at radius 2 is 2.04 bits per heavy atom. The molecular formula is C30H38N7O11S2+. The Morgan fingerprint density at radius 1 is 1.32 bits per heavy atom. The SMILES string of the molecule is C[n+]1cc(-c2ccc3c(c2)CCC([C@](C)(O/N=C(\C(=O)CC2C(=O)N(OS(=O)(=O)O)C2(C)C)c2csc(N)n2)C(=O)O)O3)cn1C[C@@H](O)CN. The molecule has 18 nitrogen and oxygen atoms in total. The van der Waals surface area contributed by atoms with Crippen molar-refractivity contribution in [1.29, 1.82) is 0 Å². The number of aryl methyl sites for hydroxylation is 2. The molecule has 4 heterocycles. The highest BCUT2D eigenvalue weighted by atomic mass is 32.3. The summed E-state index contributed by atoms with van der Waals surface area (Å²) in [6.07, 6.45) is 2.19. The molecule has 1 saturated heterocycles. The number of nitrogens with two attached hydrogens (primary N) is 2. The number of Topliss-reactive ketones (excluding diaryl/α,β-unsaturated/α-hetero) is 1. The highest BCUT2D eigenvalue weighted by Gasteiger charge is 2.58. The number of aliphatic carboxylic acids is 1. The van der Waals surface area contributed by atoms with E-state index in [1.165, 1.54) is 26.2 Å². The number of hydrogen-bond acceptors (Lipinski definition) is 14. The molecule has 4 atom stereocenters. The second-order valence-corrected chi connectivity index (χ2v) is 14.6. The van der Waals surface area contributed by atoms with Crippen LogP contribution in [0.15, 0.2) is 41.1 Å². The second kappa shape index (κ2) is 13.7. The number of nitrogen functional groups attached to an aromatic ring is 1. The molecule has 0 aliphatic carbocycles. The molecule has 7 N–H and O–H groups in total. The Morgan fingerprint density at radius 3 is 2.64 bits per heavy atom. The van der Waals surface area contributed by atoms with Gasteiger partial charge < -0.3 is 31.3 Å². The van der Waals surface area contributed by atoms with Crippen LogP contribution in [0.2, 0.25) is 0 Å². The third-order valence-corrected chi connectivity index (χ3v) is 9.87. The Bertz CT molecular complexity index is 1960. The van der Waals surface area contributed by atoms with Crippen LogP contribution >= 0.6 is 11.3 Å². The van der Waals surface area contributed by atoms with Gasteiger partial charge in [0.15, 0.2) is 29.8 Å². The van der Waals surface area contributed by atoms with E-state index in [1.807, 2.05) is 40.9 Å². The highest BCUT2D eigenvalue weighted by molar-refractivity contribution is 7.80. The minimum absolute atomic E-state index is 0.0249. The van der Waals surface area contributed by atoms with Crippen LogP contribution < -0.4 is 20.9 Å². The first-order chi connectivity index (χ1) is 23.3. The number of aliphatic hydroxyl groups is 1. The number of fused-ring (bicyclic) bond motifs is 1. The van der Waals surface area contributed by atoms with Gasteiger partial charge in [0.1, 0.15) is 18.0 Å². The quantitative estimate of drug-likeness (QED) is 0.0488. The van der Waals surface area contributed by atoms with Crippen LogP contribution in [0.25, 0.3) is 11.1 Å². The largest absolute Gasteiger partial charge is 0.485 e. The first-order valence-corrected chi connectivity index (χ1v) is 17.6. The van der Waals surface area contributed by atoms with Crippen molar-refractivity contribution in [2.45, 2.75) is 69.9 Å². The first-order valence-electron chi connectivity index (χ1n) is 15.3. The third kappa shape index (κ3) is 7.35. The summed E-state index contributed by atoms with van der Waals surface area (Å²) in [5, 5.41) is 26.2. The topological polar surface area (TPSA) is 263 Å². The number of carboxylic acids is 1. The summed E-state index contributed by atoms with van der Waals surface area (Å²) in [5.41, 5.74) is 10.1. The van der Waals surface area contributed by atoms with Gasteiger partial charge in [0.2, 0.25) is 6.20 Å². The molecule has 3 aromatic rings. The number of carbonyl (C=O) groups is 3. The number of anilines is 1. The van der Waals surface area contributed by atoms with E-state index in [4.69, 9.17) is 25.6 Å². The van der Waals surface area contributed by atoms with Crippen molar-refractivity contribution in [1.82, 2.24) is 14.7 Å². The summed E-state index contributed by atoms with van der Waals surface area (Å²) < 4.78 is 45.6. The minimum atomic E-state index is -5.01. The summed E-state index contributed by atoms with van der Waals surface area (Å²) in [6.45, 7) is 4.58. The normalized spacial score (nSPS) is 20.7. The zero-order valence-corrected chi connectivity index (χ0v) is 29.2. The molecule has 0 saturated carbocycles. The van der Waals surface area contributed by atoms with E-state index in [1.54, 1.807) is 6.07 Å². The number of hydrogen-bond donors (Lipinski definition) is 5. The molecule has 2 unspecified atom stereocenters. The lowest BCUT2D eigenvalue weighted by atomic mass is 9.74. The van der Waals surface area contributed by atoms with Gasteiger partial charge in [-0.1, -0.05) is 11.2 Å². The van der Waals surface area contributed by atoms with Crippen LogP contribution in [0.5, 0.6) is 5.75 Å². The predicted molar refractivity (Wildman–Crippen MR) is 176 cm³/mol. The fourth-order valence-corrected chi connectivity index (χ4v) is 6.80. The van der Waals surface area contributed by atoms with E-state index < -0.39 is 69.5 Å². The average Bonchev–Trinajstić information content (AvgIpc) is 3.65. The lowest BCUT2D eigenvalue weighted by Crippen LogP contribution is -2.68. The Balaban J connectivity index is 1.36. The third-order valence-electron chi connectivity index (χ3n) is 8.86. The van der Waals surface area contributed by atoms with Crippen molar-refractivity contribution in [3.05, 3.63) is 47.2 Å². The van der Waals surface area contributed by atoms with Crippen molar-refractivity contribution in [2.24, 2.45) is 23.9 Å². The number of amides is 1. The Kier molecular flexibility index (Phi) is 10.1. The van der Waals surface area contributed by atoms with Crippen LogP contribution in [0.1, 0.15) is 44.9 Å². The van der Waals surface area contributed by atoms with E-state index >= 15 is 0 Å². The highest BCUT2D eigenvalue weighted by Crippen LogP contribution is 2.41. The van der Waals surface area contributed by atoms with Crippen LogP contribution in [-0.4, -0.2) is 91.2 Å². The molecule has 50 heavy (non-hydrogen) atoms. The summed E-state index contributed by atoms with van der Waals surface area (Å²) in [6, 6.07) is 5.50.